The summed E-state index contributed by atoms with van der Waals surface area (Å²) in [4.78, 5) is 3.88. The van der Waals surface area contributed by atoms with Crippen molar-refractivity contribution < 1.29 is 9.13 Å². The Balaban J connectivity index is 1.70. The fourth-order valence-corrected chi connectivity index (χ4v) is 2.07. The molecule has 0 spiro atoms. The van der Waals surface area contributed by atoms with Gasteiger partial charge in [0.25, 0.3) is 0 Å². The molecule has 2 heterocycles. The smallest absolute Gasteiger partial charge is 0.165 e. The van der Waals surface area contributed by atoms with E-state index in [0.717, 1.165) is 5.56 Å². The third-order valence-electron chi connectivity index (χ3n) is 3.19. The number of benzene rings is 1. The van der Waals surface area contributed by atoms with Gasteiger partial charge in [-0.25, -0.2) is 14.1 Å². The van der Waals surface area contributed by atoms with Gasteiger partial charge >= 0.3 is 0 Å². The first kappa shape index (κ1) is 14.1. The van der Waals surface area contributed by atoms with Crippen LogP contribution in [0.15, 0.2) is 30.9 Å². The zero-order chi connectivity index (χ0) is 15.4. The SMILES string of the molecule is COc1ccc(Cc2nnnn2CCn2cncn2)cc1F. The minimum absolute atomic E-state index is 0.217. The number of hydrogen-bond acceptors (Lipinski definition) is 6. The highest BCUT2D eigenvalue weighted by molar-refractivity contribution is 5.30. The summed E-state index contributed by atoms with van der Waals surface area (Å²) in [5.41, 5.74) is 0.773. The lowest BCUT2D eigenvalue weighted by molar-refractivity contribution is 0.386. The van der Waals surface area contributed by atoms with Crippen molar-refractivity contribution in [3.63, 3.8) is 0 Å². The molecule has 0 atom stereocenters. The molecular weight excluding hydrogens is 289 g/mol. The molecule has 0 aliphatic heterocycles. The number of tetrazole rings is 1. The van der Waals surface area contributed by atoms with Gasteiger partial charge in [0.2, 0.25) is 0 Å². The fraction of sp³-hybridized carbons (Fsp3) is 0.308. The third-order valence-corrected chi connectivity index (χ3v) is 3.19. The van der Waals surface area contributed by atoms with Crippen molar-refractivity contribution in [3.8, 4) is 5.75 Å². The standard InChI is InChI=1S/C13H14FN7O/c1-22-12-3-2-10(6-11(12)14)7-13-17-18-19-21(13)5-4-20-9-15-8-16-20/h2-3,6,8-9H,4-5,7H2,1H3. The lowest BCUT2D eigenvalue weighted by Crippen LogP contribution is -2.12. The zero-order valence-corrected chi connectivity index (χ0v) is 11.9. The molecule has 0 aliphatic rings. The minimum Gasteiger partial charge on any atom is -0.494 e. The Morgan fingerprint density at radius 2 is 2.18 bits per heavy atom. The molecule has 9 heteroatoms. The highest BCUT2D eigenvalue weighted by Crippen LogP contribution is 2.19. The summed E-state index contributed by atoms with van der Waals surface area (Å²) in [6.07, 6.45) is 3.54. The molecule has 0 N–H and O–H groups in total. The Morgan fingerprint density at radius 1 is 1.27 bits per heavy atom. The Hall–Kier alpha value is -2.84. The molecule has 22 heavy (non-hydrogen) atoms. The Labute approximate surface area is 125 Å². The monoisotopic (exact) mass is 303 g/mol. The molecule has 0 amide bonds. The lowest BCUT2D eigenvalue weighted by atomic mass is 10.1. The van der Waals surface area contributed by atoms with E-state index in [2.05, 4.69) is 25.6 Å². The Kier molecular flexibility index (Phi) is 4.03. The van der Waals surface area contributed by atoms with Crippen LogP contribution in [0, 0.1) is 5.82 Å². The topological polar surface area (TPSA) is 83.5 Å². The zero-order valence-electron chi connectivity index (χ0n) is 11.9. The Bertz CT molecular complexity index is 741. The van der Waals surface area contributed by atoms with E-state index in [0.29, 0.717) is 25.3 Å². The maximum atomic E-state index is 13.7. The largest absolute Gasteiger partial charge is 0.494 e. The predicted molar refractivity (Wildman–Crippen MR) is 73.6 cm³/mol. The second kappa shape index (κ2) is 6.29. The molecular formula is C13H14FN7O. The van der Waals surface area contributed by atoms with Crippen molar-refractivity contribution in [1.29, 1.82) is 0 Å². The second-order valence-corrected chi connectivity index (χ2v) is 4.62. The molecule has 0 saturated heterocycles. The number of methoxy groups -OCH3 is 1. The van der Waals surface area contributed by atoms with Crippen LogP contribution in [0.5, 0.6) is 5.75 Å². The average Bonchev–Trinajstić information content (AvgIpc) is 3.17. The molecule has 2 aromatic heterocycles. The minimum atomic E-state index is -0.401. The van der Waals surface area contributed by atoms with Crippen molar-refractivity contribution in [3.05, 3.63) is 48.1 Å². The summed E-state index contributed by atoms with van der Waals surface area (Å²) in [5, 5.41) is 15.6. The number of aryl methyl sites for hydroxylation is 2. The van der Waals surface area contributed by atoms with E-state index in [1.165, 1.54) is 19.5 Å². The first-order chi connectivity index (χ1) is 10.8. The van der Waals surface area contributed by atoms with Crippen LogP contribution in [-0.2, 0) is 19.5 Å². The van der Waals surface area contributed by atoms with Crippen molar-refractivity contribution >= 4 is 0 Å². The molecule has 1 aromatic carbocycles. The van der Waals surface area contributed by atoms with Crippen LogP contribution in [0.1, 0.15) is 11.4 Å². The van der Waals surface area contributed by atoms with Crippen molar-refractivity contribution in [2.24, 2.45) is 0 Å². The van der Waals surface area contributed by atoms with Gasteiger partial charge < -0.3 is 4.74 Å². The van der Waals surface area contributed by atoms with Gasteiger partial charge in [0.1, 0.15) is 12.7 Å². The summed E-state index contributed by atoms with van der Waals surface area (Å²) < 4.78 is 22.0. The molecule has 0 saturated carbocycles. The van der Waals surface area contributed by atoms with E-state index < -0.39 is 5.82 Å². The summed E-state index contributed by atoms with van der Waals surface area (Å²) in [5.74, 6) is 0.473. The van der Waals surface area contributed by atoms with Crippen molar-refractivity contribution in [2.45, 2.75) is 19.5 Å². The van der Waals surface area contributed by atoms with Gasteiger partial charge in [0, 0.05) is 6.42 Å². The maximum absolute atomic E-state index is 13.7. The van der Waals surface area contributed by atoms with Crippen LogP contribution < -0.4 is 4.74 Å². The normalized spacial score (nSPS) is 10.8. The molecule has 3 rings (SSSR count). The molecule has 3 aromatic rings. The lowest BCUT2D eigenvalue weighted by Gasteiger charge is -2.06. The van der Waals surface area contributed by atoms with E-state index in [4.69, 9.17) is 4.74 Å². The molecule has 0 bridgehead atoms. The number of rotatable bonds is 6. The van der Waals surface area contributed by atoms with Crippen LogP contribution in [0.2, 0.25) is 0 Å². The third kappa shape index (κ3) is 3.08. The number of nitrogens with zero attached hydrogens (tertiary/aromatic N) is 7. The van der Waals surface area contributed by atoms with E-state index in [1.807, 2.05) is 0 Å². The average molecular weight is 303 g/mol. The van der Waals surface area contributed by atoms with Gasteiger partial charge in [-0.3, -0.25) is 4.68 Å². The number of hydrogen-bond donors (Lipinski definition) is 0. The molecule has 8 nitrogen and oxygen atoms in total. The van der Waals surface area contributed by atoms with Gasteiger partial charge in [0.15, 0.2) is 17.4 Å². The first-order valence-electron chi connectivity index (χ1n) is 6.66. The summed E-state index contributed by atoms with van der Waals surface area (Å²) in [7, 11) is 1.43. The van der Waals surface area contributed by atoms with Crippen LogP contribution in [-0.4, -0.2) is 42.1 Å². The van der Waals surface area contributed by atoms with E-state index in [1.54, 1.807) is 27.8 Å². The molecule has 0 unspecified atom stereocenters. The maximum Gasteiger partial charge on any atom is 0.165 e. The first-order valence-corrected chi connectivity index (χ1v) is 6.66. The summed E-state index contributed by atoms with van der Waals surface area (Å²) in [6, 6.07) is 4.81. The van der Waals surface area contributed by atoms with Crippen molar-refractivity contribution in [2.75, 3.05) is 7.11 Å². The van der Waals surface area contributed by atoms with Gasteiger partial charge in [-0.15, -0.1) is 5.10 Å². The predicted octanol–water partition coefficient (Wildman–Crippen LogP) is 0.703. The van der Waals surface area contributed by atoms with Crippen LogP contribution in [0.4, 0.5) is 4.39 Å². The van der Waals surface area contributed by atoms with Crippen molar-refractivity contribution in [1.82, 2.24) is 35.0 Å². The highest BCUT2D eigenvalue weighted by atomic mass is 19.1. The summed E-state index contributed by atoms with van der Waals surface area (Å²) in [6.45, 7) is 1.17. The van der Waals surface area contributed by atoms with E-state index in [9.17, 15) is 4.39 Å². The second-order valence-electron chi connectivity index (χ2n) is 4.62. The quantitative estimate of drug-likeness (QED) is 0.666. The number of ether oxygens (including phenoxy) is 1. The number of aromatic nitrogens is 7. The molecule has 0 fully saturated rings. The number of halogens is 1. The van der Waals surface area contributed by atoms with E-state index >= 15 is 0 Å². The highest BCUT2D eigenvalue weighted by Gasteiger charge is 2.10. The molecule has 0 aliphatic carbocycles. The molecule has 0 radical (unpaired) electrons. The van der Waals surface area contributed by atoms with Gasteiger partial charge in [-0.05, 0) is 28.1 Å². The van der Waals surface area contributed by atoms with E-state index in [-0.39, 0.29) is 5.75 Å². The fourth-order valence-electron chi connectivity index (χ4n) is 2.07. The summed E-state index contributed by atoms with van der Waals surface area (Å²) >= 11 is 0. The van der Waals surface area contributed by atoms with Crippen LogP contribution >= 0.6 is 0 Å². The van der Waals surface area contributed by atoms with Gasteiger partial charge in [-0.2, -0.15) is 5.10 Å². The van der Waals surface area contributed by atoms with Gasteiger partial charge in [-0.1, -0.05) is 6.07 Å². The van der Waals surface area contributed by atoms with Gasteiger partial charge in [0.05, 0.1) is 20.2 Å². The Morgan fingerprint density at radius 3 is 2.91 bits per heavy atom. The van der Waals surface area contributed by atoms with Crippen LogP contribution in [0.3, 0.4) is 0 Å². The molecule has 114 valence electrons. The van der Waals surface area contributed by atoms with Crippen LogP contribution in [0.25, 0.3) is 0 Å².